The predicted octanol–water partition coefficient (Wildman–Crippen LogP) is 4.19. The Morgan fingerprint density at radius 1 is 1.15 bits per heavy atom. The van der Waals surface area contributed by atoms with Crippen LogP contribution in [0.5, 0.6) is 5.75 Å². The molecule has 0 fully saturated rings. The van der Waals surface area contributed by atoms with Crippen molar-refractivity contribution in [1.82, 2.24) is 0 Å². The molecule has 1 unspecified atom stereocenters. The Hall–Kier alpha value is -2.03. The van der Waals surface area contributed by atoms with Gasteiger partial charge in [-0.15, -0.1) is 0 Å². The molecule has 2 nitrogen and oxygen atoms in total. The summed E-state index contributed by atoms with van der Waals surface area (Å²) < 4.78 is 18.5. The minimum atomic E-state index is -0.204. The van der Waals surface area contributed by atoms with Gasteiger partial charge in [-0.05, 0) is 61.7 Å². The highest BCUT2D eigenvalue weighted by Gasteiger charge is 2.05. The van der Waals surface area contributed by atoms with E-state index in [2.05, 4.69) is 12.2 Å². The van der Waals surface area contributed by atoms with E-state index in [1.807, 2.05) is 37.3 Å². The molecule has 0 spiro atoms. The fraction of sp³-hybridized carbons (Fsp3) is 0.294. The lowest BCUT2D eigenvalue weighted by molar-refractivity contribution is 0.414. The van der Waals surface area contributed by atoms with Gasteiger partial charge in [-0.1, -0.05) is 12.1 Å². The van der Waals surface area contributed by atoms with E-state index < -0.39 is 0 Å². The smallest absolute Gasteiger partial charge is 0.125 e. The molecule has 0 radical (unpaired) electrons. The lowest BCUT2D eigenvalue weighted by Crippen LogP contribution is -2.18. The number of hydrogen-bond acceptors (Lipinski definition) is 2. The molecule has 0 amide bonds. The van der Waals surface area contributed by atoms with Crippen LogP contribution in [-0.2, 0) is 6.42 Å². The summed E-state index contributed by atoms with van der Waals surface area (Å²) in [5, 5.41) is 3.33. The Morgan fingerprint density at radius 2 is 1.85 bits per heavy atom. The zero-order valence-electron chi connectivity index (χ0n) is 12.1. The van der Waals surface area contributed by atoms with Gasteiger partial charge in [0.15, 0.2) is 0 Å². The van der Waals surface area contributed by atoms with E-state index in [1.165, 1.54) is 17.7 Å². The fourth-order valence-electron chi connectivity index (χ4n) is 2.27. The van der Waals surface area contributed by atoms with Crippen LogP contribution < -0.4 is 10.1 Å². The first kappa shape index (κ1) is 14.4. The summed E-state index contributed by atoms with van der Waals surface area (Å²) in [5.74, 6) is 0.652. The molecular formula is C17H20FNO. The third-order valence-electron chi connectivity index (χ3n) is 3.16. The van der Waals surface area contributed by atoms with Crippen molar-refractivity contribution in [3.05, 3.63) is 59.4 Å². The quantitative estimate of drug-likeness (QED) is 0.882. The number of ether oxygens (including phenoxy) is 1. The van der Waals surface area contributed by atoms with Gasteiger partial charge in [-0.2, -0.15) is 0 Å². The molecule has 2 rings (SSSR count). The molecular weight excluding hydrogens is 253 g/mol. The van der Waals surface area contributed by atoms with Crippen molar-refractivity contribution >= 4 is 5.69 Å². The van der Waals surface area contributed by atoms with Crippen molar-refractivity contribution in [2.45, 2.75) is 26.3 Å². The maximum Gasteiger partial charge on any atom is 0.125 e. The molecule has 3 heteroatoms. The third kappa shape index (κ3) is 3.98. The van der Waals surface area contributed by atoms with E-state index >= 15 is 0 Å². The summed E-state index contributed by atoms with van der Waals surface area (Å²) in [6.45, 7) is 3.98. The molecule has 1 atom stereocenters. The molecule has 0 aromatic heterocycles. The first-order chi connectivity index (χ1) is 9.56. The minimum Gasteiger partial charge on any atom is -0.497 e. The fourth-order valence-corrected chi connectivity index (χ4v) is 2.27. The van der Waals surface area contributed by atoms with Crippen molar-refractivity contribution < 1.29 is 9.13 Å². The van der Waals surface area contributed by atoms with Crippen molar-refractivity contribution in [1.29, 1.82) is 0 Å². The summed E-state index contributed by atoms with van der Waals surface area (Å²) in [6, 6.07) is 13.2. The maximum atomic E-state index is 13.3. The molecule has 0 bridgehead atoms. The van der Waals surface area contributed by atoms with Gasteiger partial charge in [-0.3, -0.25) is 0 Å². The van der Waals surface area contributed by atoms with Crippen LogP contribution >= 0.6 is 0 Å². The second-order valence-electron chi connectivity index (χ2n) is 5.11. The molecule has 0 aliphatic rings. The number of hydrogen-bond donors (Lipinski definition) is 1. The molecule has 1 N–H and O–H groups in total. The van der Waals surface area contributed by atoms with Gasteiger partial charge >= 0.3 is 0 Å². The van der Waals surface area contributed by atoms with Crippen molar-refractivity contribution in [2.75, 3.05) is 12.4 Å². The highest BCUT2D eigenvalue weighted by molar-refractivity contribution is 5.47. The lowest BCUT2D eigenvalue weighted by atomic mass is 10.1. The lowest BCUT2D eigenvalue weighted by Gasteiger charge is -2.16. The number of halogens is 1. The predicted molar refractivity (Wildman–Crippen MR) is 80.9 cm³/mol. The van der Waals surface area contributed by atoms with Gasteiger partial charge in [0.05, 0.1) is 7.11 Å². The Morgan fingerprint density at radius 3 is 2.45 bits per heavy atom. The molecule has 0 aliphatic carbocycles. The maximum absolute atomic E-state index is 13.3. The summed E-state index contributed by atoms with van der Waals surface area (Å²) in [7, 11) is 1.66. The van der Waals surface area contributed by atoms with E-state index in [0.29, 0.717) is 0 Å². The SMILES string of the molecule is COc1ccc(CC(C)Nc2cc(C)cc(F)c2)cc1. The minimum absolute atomic E-state index is 0.204. The van der Waals surface area contributed by atoms with Gasteiger partial charge in [-0.25, -0.2) is 4.39 Å². The second-order valence-corrected chi connectivity index (χ2v) is 5.11. The Kier molecular flexibility index (Phi) is 4.61. The average molecular weight is 273 g/mol. The molecule has 106 valence electrons. The molecule has 20 heavy (non-hydrogen) atoms. The highest BCUT2D eigenvalue weighted by atomic mass is 19.1. The zero-order valence-corrected chi connectivity index (χ0v) is 12.1. The highest BCUT2D eigenvalue weighted by Crippen LogP contribution is 2.17. The first-order valence-corrected chi connectivity index (χ1v) is 6.73. The van der Waals surface area contributed by atoms with Gasteiger partial charge < -0.3 is 10.1 Å². The molecule has 0 saturated heterocycles. The Bertz CT molecular complexity index is 545. The van der Waals surface area contributed by atoms with Crippen LogP contribution in [0.3, 0.4) is 0 Å². The van der Waals surface area contributed by atoms with Gasteiger partial charge in [0, 0.05) is 11.7 Å². The number of aryl methyl sites for hydroxylation is 1. The average Bonchev–Trinajstić information content (AvgIpc) is 2.38. The summed E-state index contributed by atoms with van der Waals surface area (Å²) in [6.07, 6.45) is 0.875. The van der Waals surface area contributed by atoms with Crippen LogP contribution in [0, 0.1) is 12.7 Å². The molecule has 0 aliphatic heterocycles. The summed E-state index contributed by atoms with van der Waals surface area (Å²) in [4.78, 5) is 0. The van der Waals surface area contributed by atoms with Gasteiger partial charge in [0.25, 0.3) is 0 Å². The van der Waals surface area contributed by atoms with Crippen LogP contribution in [0.15, 0.2) is 42.5 Å². The first-order valence-electron chi connectivity index (χ1n) is 6.73. The Labute approximate surface area is 119 Å². The van der Waals surface area contributed by atoms with Gasteiger partial charge in [0.2, 0.25) is 0 Å². The van der Waals surface area contributed by atoms with Crippen molar-refractivity contribution in [3.8, 4) is 5.75 Å². The van der Waals surface area contributed by atoms with E-state index in [4.69, 9.17) is 4.74 Å². The van der Waals surface area contributed by atoms with Crippen LogP contribution in [-0.4, -0.2) is 13.2 Å². The van der Waals surface area contributed by atoms with E-state index in [0.717, 1.165) is 23.4 Å². The van der Waals surface area contributed by atoms with E-state index in [9.17, 15) is 4.39 Å². The van der Waals surface area contributed by atoms with Crippen LogP contribution in [0.2, 0.25) is 0 Å². The van der Waals surface area contributed by atoms with Crippen LogP contribution in [0.25, 0.3) is 0 Å². The van der Waals surface area contributed by atoms with E-state index in [1.54, 1.807) is 7.11 Å². The molecule has 0 heterocycles. The van der Waals surface area contributed by atoms with E-state index in [-0.39, 0.29) is 11.9 Å². The molecule has 2 aromatic rings. The number of anilines is 1. The summed E-state index contributed by atoms with van der Waals surface area (Å²) >= 11 is 0. The normalized spacial score (nSPS) is 12.0. The van der Waals surface area contributed by atoms with Crippen molar-refractivity contribution in [2.24, 2.45) is 0 Å². The number of methoxy groups -OCH3 is 1. The molecule has 0 saturated carbocycles. The molecule has 2 aromatic carbocycles. The monoisotopic (exact) mass is 273 g/mol. The largest absolute Gasteiger partial charge is 0.497 e. The topological polar surface area (TPSA) is 21.3 Å². The van der Waals surface area contributed by atoms with Crippen molar-refractivity contribution in [3.63, 3.8) is 0 Å². The van der Waals surface area contributed by atoms with Gasteiger partial charge in [0.1, 0.15) is 11.6 Å². The van der Waals surface area contributed by atoms with Crippen LogP contribution in [0.1, 0.15) is 18.1 Å². The number of rotatable bonds is 5. The number of nitrogens with one attached hydrogen (secondary N) is 1. The summed E-state index contributed by atoms with van der Waals surface area (Å²) in [5.41, 5.74) is 2.96. The van der Waals surface area contributed by atoms with Crippen LogP contribution in [0.4, 0.5) is 10.1 Å². The zero-order chi connectivity index (χ0) is 14.5. The third-order valence-corrected chi connectivity index (χ3v) is 3.16. The number of benzene rings is 2. The standard InChI is InChI=1S/C17H20FNO/c1-12-8-15(18)11-16(9-12)19-13(2)10-14-4-6-17(20-3)7-5-14/h4-9,11,13,19H,10H2,1-3H3. The Balaban J connectivity index is 1.98. The second kappa shape index (κ2) is 6.42.